The second-order valence-corrected chi connectivity index (χ2v) is 6.70. The number of alkyl halides is 1. The highest BCUT2D eigenvalue weighted by atomic mass is 35.5. The Kier molecular flexibility index (Phi) is 4.02. The fraction of sp³-hybridized carbons (Fsp3) is 0.929. The molecule has 0 aromatic carbocycles. The van der Waals surface area contributed by atoms with Gasteiger partial charge >= 0.3 is 0 Å². The lowest BCUT2D eigenvalue weighted by molar-refractivity contribution is -0.128. The van der Waals surface area contributed by atoms with E-state index in [2.05, 4.69) is 19.2 Å². The van der Waals surface area contributed by atoms with Crippen molar-refractivity contribution in [3.63, 3.8) is 0 Å². The standard InChI is InChI=1S/C14H24ClNO/c1-14(2)8-4-6-11(14)13(17)16-12-7-3-5-10(12)9-15/h10-12H,3-9H2,1-2H3,(H,16,17). The zero-order chi connectivity index (χ0) is 12.5. The Morgan fingerprint density at radius 3 is 2.65 bits per heavy atom. The number of hydrogen-bond donors (Lipinski definition) is 1. The van der Waals surface area contributed by atoms with Crippen molar-refractivity contribution in [2.75, 3.05) is 5.88 Å². The molecular formula is C14H24ClNO. The molecule has 3 heteroatoms. The van der Waals surface area contributed by atoms with E-state index in [9.17, 15) is 4.79 Å². The SMILES string of the molecule is CC1(C)CCCC1C(=O)NC1CCCC1CCl. The molecule has 1 amide bonds. The van der Waals surface area contributed by atoms with Gasteiger partial charge in [-0.25, -0.2) is 0 Å². The minimum absolute atomic E-state index is 0.180. The smallest absolute Gasteiger partial charge is 0.223 e. The average Bonchev–Trinajstić information content (AvgIpc) is 2.83. The normalized spacial score (nSPS) is 36.1. The Morgan fingerprint density at radius 1 is 1.29 bits per heavy atom. The maximum absolute atomic E-state index is 12.3. The summed E-state index contributed by atoms with van der Waals surface area (Å²) in [5, 5.41) is 3.25. The van der Waals surface area contributed by atoms with Gasteiger partial charge in [0.15, 0.2) is 0 Å². The van der Waals surface area contributed by atoms with Crippen molar-refractivity contribution in [3.05, 3.63) is 0 Å². The van der Waals surface area contributed by atoms with Crippen LogP contribution < -0.4 is 5.32 Å². The van der Waals surface area contributed by atoms with Crippen LogP contribution in [0.15, 0.2) is 0 Å². The third-order valence-electron chi connectivity index (χ3n) is 4.76. The lowest BCUT2D eigenvalue weighted by atomic mass is 9.81. The van der Waals surface area contributed by atoms with Crippen LogP contribution in [0.4, 0.5) is 0 Å². The predicted molar refractivity (Wildman–Crippen MR) is 71.1 cm³/mol. The van der Waals surface area contributed by atoms with Crippen LogP contribution in [0.3, 0.4) is 0 Å². The zero-order valence-corrected chi connectivity index (χ0v) is 11.7. The largest absolute Gasteiger partial charge is 0.353 e. The van der Waals surface area contributed by atoms with Crippen LogP contribution in [0.25, 0.3) is 0 Å². The molecule has 0 bridgehead atoms. The molecule has 3 atom stereocenters. The second-order valence-electron chi connectivity index (χ2n) is 6.39. The second kappa shape index (κ2) is 5.17. The Labute approximate surface area is 109 Å². The van der Waals surface area contributed by atoms with E-state index in [1.807, 2.05) is 0 Å². The number of hydrogen-bond acceptors (Lipinski definition) is 1. The number of rotatable bonds is 3. The highest BCUT2D eigenvalue weighted by Crippen LogP contribution is 2.43. The van der Waals surface area contributed by atoms with Gasteiger partial charge in [0, 0.05) is 17.8 Å². The van der Waals surface area contributed by atoms with Gasteiger partial charge in [0.2, 0.25) is 5.91 Å². The van der Waals surface area contributed by atoms with E-state index in [4.69, 9.17) is 11.6 Å². The minimum Gasteiger partial charge on any atom is -0.353 e. The van der Waals surface area contributed by atoms with Crippen molar-refractivity contribution in [2.24, 2.45) is 17.3 Å². The van der Waals surface area contributed by atoms with Gasteiger partial charge in [-0.15, -0.1) is 11.6 Å². The van der Waals surface area contributed by atoms with Gasteiger partial charge in [0.1, 0.15) is 0 Å². The van der Waals surface area contributed by atoms with E-state index in [1.165, 1.54) is 25.7 Å². The molecule has 0 radical (unpaired) electrons. The highest BCUT2D eigenvalue weighted by Gasteiger charge is 2.40. The molecule has 17 heavy (non-hydrogen) atoms. The third-order valence-corrected chi connectivity index (χ3v) is 5.16. The van der Waals surface area contributed by atoms with Crippen molar-refractivity contribution in [3.8, 4) is 0 Å². The Balaban J connectivity index is 1.93. The molecule has 2 aliphatic rings. The predicted octanol–water partition coefficient (Wildman–Crippen LogP) is 3.34. The monoisotopic (exact) mass is 257 g/mol. The molecule has 2 rings (SSSR count). The summed E-state index contributed by atoms with van der Waals surface area (Å²) in [5.41, 5.74) is 0.180. The first-order chi connectivity index (χ1) is 8.04. The van der Waals surface area contributed by atoms with Gasteiger partial charge in [-0.3, -0.25) is 4.79 Å². The summed E-state index contributed by atoms with van der Waals surface area (Å²) in [4.78, 5) is 12.3. The van der Waals surface area contributed by atoms with Crippen molar-refractivity contribution < 1.29 is 4.79 Å². The number of carbonyl (C=O) groups excluding carboxylic acids is 1. The first kappa shape index (κ1) is 13.2. The maximum atomic E-state index is 12.3. The fourth-order valence-electron chi connectivity index (χ4n) is 3.51. The summed E-state index contributed by atoms with van der Waals surface area (Å²) in [6, 6.07) is 0.330. The highest BCUT2D eigenvalue weighted by molar-refractivity contribution is 6.18. The van der Waals surface area contributed by atoms with Crippen LogP contribution in [-0.4, -0.2) is 17.8 Å². The summed E-state index contributed by atoms with van der Waals surface area (Å²) in [7, 11) is 0. The Hall–Kier alpha value is -0.240. The van der Waals surface area contributed by atoms with Crippen molar-refractivity contribution in [2.45, 2.75) is 58.4 Å². The van der Waals surface area contributed by atoms with Crippen LogP contribution in [0.1, 0.15) is 52.4 Å². The molecule has 2 aliphatic carbocycles. The number of carbonyl (C=O) groups is 1. The zero-order valence-electron chi connectivity index (χ0n) is 11.0. The van der Waals surface area contributed by atoms with Crippen molar-refractivity contribution in [1.29, 1.82) is 0 Å². The fourth-order valence-corrected chi connectivity index (χ4v) is 3.88. The Bertz CT molecular complexity index is 290. The van der Waals surface area contributed by atoms with E-state index < -0.39 is 0 Å². The number of amides is 1. The van der Waals surface area contributed by atoms with Gasteiger partial charge in [-0.1, -0.05) is 26.7 Å². The van der Waals surface area contributed by atoms with Crippen LogP contribution in [0, 0.1) is 17.3 Å². The summed E-state index contributed by atoms with van der Waals surface area (Å²) in [6.45, 7) is 4.44. The maximum Gasteiger partial charge on any atom is 0.223 e. The summed E-state index contributed by atoms with van der Waals surface area (Å²) >= 11 is 5.95. The molecule has 0 saturated heterocycles. The van der Waals surface area contributed by atoms with E-state index in [0.717, 1.165) is 12.8 Å². The van der Waals surface area contributed by atoms with Crippen LogP contribution >= 0.6 is 11.6 Å². The van der Waals surface area contributed by atoms with Gasteiger partial charge in [0.05, 0.1) is 0 Å². The molecule has 2 saturated carbocycles. The molecule has 2 fully saturated rings. The quantitative estimate of drug-likeness (QED) is 0.772. The minimum atomic E-state index is 0.180. The van der Waals surface area contributed by atoms with Gasteiger partial charge in [-0.05, 0) is 37.0 Å². The molecule has 0 heterocycles. The molecule has 3 unspecified atom stereocenters. The summed E-state index contributed by atoms with van der Waals surface area (Å²) < 4.78 is 0. The Morgan fingerprint density at radius 2 is 2.06 bits per heavy atom. The molecule has 1 N–H and O–H groups in total. The molecule has 0 aromatic rings. The van der Waals surface area contributed by atoms with E-state index in [-0.39, 0.29) is 17.2 Å². The molecule has 0 aromatic heterocycles. The lowest BCUT2D eigenvalue weighted by Gasteiger charge is -2.28. The van der Waals surface area contributed by atoms with Crippen LogP contribution in [0.2, 0.25) is 0 Å². The van der Waals surface area contributed by atoms with E-state index in [0.29, 0.717) is 17.8 Å². The molecule has 98 valence electrons. The van der Waals surface area contributed by atoms with Gasteiger partial charge in [0.25, 0.3) is 0 Å². The molecular weight excluding hydrogens is 234 g/mol. The topological polar surface area (TPSA) is 29.1 Å². The van der Waals surface area contributed by atoms with Crippen LogP contribution in [-0.2, 0) is 4.79 Å². The van der Waals surface area contributed by atoms with Crippen molar-refractivity contribution >= 4 is 17.5 Å². The third kappa shape index (κ3) is 2.78. The van der Waals surface area contributed by atoms with Gasteiger partial charge in [-0.2, -0.15) is 0 Å². The van der Waals surface area contributed by atoms with Gasteiger partial charge < -0.3 is 5.32 Å². The average molecular weight is 258 g/mol. The van der Waals surface area contributed by atoms with E-state index in [1.54, 1.807) is 0 Å². The van der Waals surface area contributed by atoms with Crippen LogP contribution in [0.5, 0.6) is 0 Å². The summed E-state index contributed by atoms with van der Waals surface area (Å²) in [6.07, 6.45) is 6.90. The van der Waals surface area contributed by atoms with Crippen molar-refractivity contribution in [1.82, 2.24) is 5.32 Å². The molecule has 0 aliphatic heterocycles. The molecule has 2 nitrogen and oxygen atoms in total. The number of nitrogens with one attached hydrogen (secondary N) is 1. The first-order valence-corrected chi connectivity index (χ1v) is 7.44. The first-order valence-electron chi connectivity index (χ1n) is 6.91. The lowest BCUT2D eigenvalue weighted by Crippen LogP contribution is -2.43. The van der Waals surface area contributed by atoms with E-state index >= 15 is 0 Å². The number of halogens is 1. The molecule has 0 spiro atoms. The summed E-state index contributed by atoms with van der Waals surface area (Å²) in [5.74, 6) is 1.65.